The molecule has 28 heavy (non-hydrogen) atoms. The molecule has 0 aliphatic carbocycles. The molecule has 9 nitrogen and oxygen atoms in total. The van der Waals surface area contributed by atoms with Crippen molar-refractivity contribution in [2.24, 2.45) is 0 Å². The molecule has 1 heterocycles. The first kappa shape index (κ1) is 18.8. The molecule has 0 bridgehead atoms. The summed E-state index contributed by atoms with van der Waals surface area (Å²) in [6.45, 7) is 1.37. The van der Waals surface area contributed by atoms with Gasteiger partial charge in [-0.15, -0.1) is 0 Å². The number of ether oxygens (including phenoxy) is 1. The van der Waals surface area contributed by atoms with E-state index in [2.05, 4.69) is 10.3 Å². The average molecular weight is 381 g/mol. The number of nitrogens with zero attached hydrogens (tertiary/aromatic N) is 1. The Morgan fingerprint density at radius 2 is 1.82 bits per heavy atom. The van der Waals surface area contributed by atoms with Gasteiger partial charge in [-0.25, -0.2) is 4.79 Å². The number of nitro groups is 1. The van der Waals surface area contributed by atoms with Crippen LogP contribution in [-0.2, 0) is 9.53 Å². The first-order valence-corrected chi connectivity index (χ1v) is 8.23. The summed E-state index contributed by atoms with van der Waals surface area (Å²) < 4.78 is 5.11. The van der Waals surface area contributed by atoms with Crippen molar-refractivity contribution in [3.05, 3.63) is 80.8 Å². The molecule has 2 N–H and O–H groups in total. The number of amides is 1. The minimum Gasteiger partial charge on any atom is -0.448 e. The van der Waals surface area contributed by atoms with Crippen LogP contribution in [0.2, 0.25) is 0 Å². The number of aromatic nitrogens is 1. The summed E-state index contributed by atoms with van der Waals surface area (Å²) in [5, 5.41) is 14.1. The summed E-state index contributed by atoms with van der Waals surface area (Å²) >= 11 is 0. The highest BCUT2D eigenvalue weighted by atomic mass is 16.6. The van der Waals surface area contributed by atoms with Crippen LogP contribution in [0.4, 0.5) is 11.4 Å². The summed E-state index contributed by atoms with van der Waals surface area (Å²) in [5.74, 6) is -1.47. The van der Waals surface area contributed by atoms with Gasteiger partial charge in [-0.05, 0) is 36.6 Å². The maximum atomic E-state index is 12.3. The zero-order valence-corrected chi connectivity index (χ0v) is 14.7. The third-order valence-electron chi connectivity index (χ3n) is 3.97. The predicted octanol–water partition coefficient (Wildman–Crippen LogP) is 2.62. The van der Waals surface area contributed by atoms with E-state index in [1.807, 2.05) is 0 Å². The fourth-order valence-electron chi connectivity index (χ4n) is 2.51. The number of pyridine rings is 1. The van der Waals surface area contributed by atoms with Gasteiger partial charge in [-0.3, -0.25) is 19.7 Å². The van der Waals surface area contributed by atoms with E-state index >= 15 is 0 Å². The standard InChI is InChI=1S/C19H15N3O6/c1-11(17(23)20-13-6-8-14(9-7-13)22(26)27)28-19(25)16-10-12-4-2-3-5-15(12)18(24)21-16/h2-11H,1H3,(H,20,23)(H,21,24)/t11-/m1/s1. The van der Waals surface area contributed by atoms with E-state index in [4.69, 9.17) is 4.74 Å². The third kappa shape index (κ3) is 4.04. The van der Waals surface area contributed by atoms with Crippen molar-refractivity contribution in [3.63, 3.8) is 0 Å². The molecular formula is C19H15N3O6. The maximum Gasteiger partial charge on any atom is 0.355 e. The molecular weight excluding hydrogens is 366 g/mol. The van der Waals surface area contributed by atoms with E-state index < -0.39 is 28.5 Å². The topological polar surface area (TPSA) is 131 Å². The van der Waals surface area contributed by atoms with E-state index in [1.54, 1.807) is 24.3 Å². The SMILES string of the molecule is C[C@@H](OC(=O)c1cc2ccccc2c(=O)[nH]1)C(=O)Nc1ccc([N+](=O)[O-])cc1. The molecule has 0 aliphatic rings. The van der Waals surface area contributed by atoms with Crippen LogP contribution in [0.25, 0.3) is 10.8 Å². The zero-order valence-electron chi connectivity index (χ0n) is 14.7. The van der Waals surface area contributed by atoms with Gasteiger partial charge in [0.25, 0.3) is 17.2 Å². The molecule has 1 aromatic heterocycles. The smallest absolute Gasteiger partial charge is 0.355 e. The van der Waals surface area contributed by atoms with Gasteiger partial charge in [0.1, 0.15) is 5.69 Å². The molecule has 0 fully saturated rings. The van der Waals surface area contributed by atoms with Crippen LogP contribution in [0.15, 0.2) is 59.4 Å². The van der Waals surface area contributed by atoms with Gasteiger partial charge >= 0.3 is 5.97 Å². The van der Waals surface area contributed by atoms with Gasteiger partial charge < -0.3 is 15.0 Å². The van der Waals surface area contributed by atoms with E-state index in [-0.39, 0.29) is 11.4 Å². The van der Waals surface area contributed by atoms with E-state index in [1.165, 1.54) is 37.3 Å². The molecule has 1 atom stereocenters. The number of non-ortho nitro benzene ring substituents is 1. The molecule has 0 radical (unpaired) electrons. The molecule has 1 amide bonds. The molecule has 0 unspecified atom stereocenters. The Morgan fingerprint density at radius 1 is 1.14 bits per heavy atom. The number of carbonyl (C=O) groups is 2. The van der Waals surface area contributed by atoms with Crippen molar-refractivity contribution < 1.29 is 19.2 Å². The van der Waals surface area contributed by atoms with Crippen LogP contribution in [0.3, 0.4) is 0 Å². The van der Waals surface area contributed by atoms with E-state index in [9.17, 15) is 24.5 Å². The molecule has 0 aliphatic heterocycles. The normalized spacial score (nSPS) is 11.6. The summed E-state index contributed by atoms with van der Waals surface area (Å²) in [5.41, 5.74) is -0.304. The summed E-state index contributed by atoms with van der Waals surface area (Å²) in [6.07, 6.45) is -1.15. The largest absolute Gasteiger partial charge is 0.448 e. The number of H-pyrrole nitrogens is 1. The van der Waals surface area contributed by atoms with Crippen LogP contribution in [0.5, 0.6) is 0 Å². The quantitative estimate of drug-likeness (QED) is 0.397. The second kappa shape index (κ2) is 7.70. The first-order chi connectivity index (χ1) is 13.3. The summed E-state index contributed by atoms with van der Waals surface area (Å²) in [4.78, 5) is 49.0. The average Bonchev–Trinajstić information content (AvgIpc) is 2.68. The minimum atomic E-state index is -1.15. The highest BCUT2D eigenvalue weighted by molar-refractivity contribution is 5.98. The Kier molecular flexibility index (Phi) is 5.16. The fourth-order valence-corrected chi connectivity index (χ4v) is 2.51. The minimum absolute atomic E-state index is 0.0707. The Bertz CT molecular complexity index is 1120. The fraction of sp³-hybridized carbons (Fsp3) is 0.105. The number of esters is 1. The lowest BCUT2D eigenvalue weighted by Gasteiger charge is -2.13. The lowest BCUT2D eigenvalue weighted by molar-refractivity contribution is -0.384. The molecule has 2 aromatic carbocycles. The number of aromatic amines is 1. The van der Waals surface area contributed by atoms with Crippen molar-refractivity contribution in [3.8, 4) is 0 Å². The first-order valence-electron chi connectivity index (χ1n) is 8.23. The van der Waals surface area contributed by atoms with Gasteiger partial charge in [-0.1, -0.05) is 18.2 Å². The number of fused-ring (bicyclic) bond motifs is 1. The Morgan fingerprint density at radius 3 is 2.50 bits per heavy atom. The molecule has 3 aromatic rings. The maximum absolute atomic E-state index is 12.3. The number of benzene rings is 2. The van der Waals surface area contributed by atoms with Crippen LogP contribution in [0, 0.1) is 10.1 Å². The molecule has 0 saturated heterocycles. The summed E-state index contributed by atoms with van der Waals surface area (Å²) in [6, 6.07) is 13.4. The van der Waals surface area contributed by atoms with Crippen molar-refractivity contribution in [2.75, 3.05) is 5.32 Å². The number of nitrogens with one attached hydrogen (secondary N) is 2. The monoisotopic (exact) mass is 381 g/mol. The number of rotatable bonds is 5. The predicted molar refractivity (Wildman–Crippen MR) is 101 cm³/mol. The van der Waals surface area contributed by atoms with Gasteiger partial charge in [0.2, 0.25) is 0 Å². The second-order valence-electron chi connectivity index (χ2n) is 5.94. The van der Waals surface area contributed by atoms with Crippen molar-refractivity contribution in [2.45, 2.75) is 13.0 Å². The molecule has 9 heteroatoms. The van der Waals surface area contributed by atoms with Crippen LogP contribution >= 0.6 is 0 Å². The van der Waals surface area contributed by atoms with Crippen LogP contribution in [0.1, 0.15) is 17.4 Å². The van der Waals surface area contributed by atoms with Crippen molar-refractivity contribution >= 4 is 34.0 Å². The number of nitro benzene ring substituents is 1. The Balaban J connectivity index is 1.69. The third-order valence-corrected chi connectivity index (χ3v) is 3.97. The lowest BCUT2D eigenvalue weighted by atomic mass is 10.1. The zero-order chi connectivity index (χ0) is 20.3. The second-order valence-corrected chi connectivity index (χ2v) is 5.94. The van der Waals surface area contributed by atoms with E-state index in [0.717, 1.165) is 0 Å². The van der Waals surface area contributed by atoms with Crippen molar-refractivity contribution in [1.29, 1.82) is 0 Å². The van der Waals surface area contributed by atoms with Crippen LogP contribution in [-0.4, -0.2) is 27.9 Å². The number of carbonyl (C=O) groups excluding carboxylic acids is 2. The van der Waals surface area contributed by atoms with Gasteiger partial charge in [0.05, 0.1) is 4.92 Å². The number of hydrogen-bond acceptors (Lipinski definition) is 6. The molecule has 0 saturated carbocycles. The molecule has 142 valence electrons. The highest BCUT2D eigenvalue weighted by Crippen LogP contribution is 2.16. The van der Waals surface area contributed by atoms with Crippen LogP contribution < -0.4 is 10.9 Å². The highest BCUT2D eigenvalue weighted by Gasteiger charge is 2.20. The number of anilines is 1. The number of hydrogen-bond donors (Lipinski definition) is 2. The van der Waals surface area contributed by atoms with Gasteiger partial charge in [-0.2, -0.15) is 0 Å². The van der Waals surface area contributed by atoms with Crippen molar-refractivity contribution in [1.82, 2.24) is 4.98 Å². The van der Waals surface area contributed by atoms with E-state index in [0.29, 0.717) is 16.5 Å². The van der Waals surface area contributed by atoms with Gasteiger partial charge in [0, 0.05) is 23.2 Å². The Labute approximate surface area is 158 Å². The lowest BCUT2D eigenvalue weighted by Crippen LogP contribution is -2.30. The Hall–Kier alpha value is -4.01. The van der Waals surface area contributed by atoms with Gasteiger partial charge in [0.15, 0.2) is 6.10 Å². The summed E-state index contributed by atoms with van der Waals surface area (Å²) in [7, 11) is 0. The molecule has 3 rings (SSSR count). The molecule has 0 spiro atoms.